The van der Waals surface area contributed by atoms with Crippen molar-refractivity contribution in [1.29, 1.82) is 0 Å². The van der Waals surface area contributed by atoms with Crippen LogP contribution in [0.2, 0.25) is 0 Å². The summed E-state index contributed by atoms with van der Waals surface area (Å²) in [6, 6.07) is 10.3. The zero-order valence-corrected chi connectivity index (χ0v) is 16.1. The summed E-state index contributed by atoms with van der Waals surface area (Å²) in [5, 5.41) is 9.80. The summed E-state index contributed by atoms with van der Waals surface area (Å²) in [5.41, 5.74) is 4.88. The second kappa shape index (κ2) is 6.56. The molecule has 0 unspecified atom stereocenters. The number of rotatable bonds is 2. The van der Waals surface area contributed by atoms with Gasteiger partial charge in [0, 0.05) is 29.7 Å². The molecule has 1 saturated heterocycles. The second-order valence-electron chi connectivity index (χ2n) is 7.69. The molecule has 6 nitrogen and oxygen atoms in total. The molecular formula is C22H23N5O. The first-order chi connectivity index (χ1) is 13.6. The minimum atomic E-state index is 0.0857. The highest BCUT2D eigenvalue weighted by atomic mass is 16.1. The molecule has 28 heavy (non-hydrogen) atoms. The highest BCUT2D eigenvalue weighted by Gasteiger charge is 2.17. The Hall–Kier alpha value is -2.99. The van der Waals surface area contributed by atoms with E-state index in [1.165, 1.54) is 0 Å². The van der Waals surface area contributed by atoms with Crippen LogP contribution in [0.25, 0.3) is 27.7 Å². The number of nitrogens with zero attached hydrogens (tertiary/aromatic N) is 4. The summed E-state index contributed by atoms with van der Waals surface area (Å²) in [6.07, 6.45) is 6.02. The van der Waals surface area contributed by atoms with Crippen LogP contribution < -0.4 is 10.9 Å². The normalized spacial score (nSPS) is 17.4. The van der Waals surface area contributed by atoms with E-state index in [2.05, 4.69) is 22.4 Å². The van der Waals surface area contributed by atoms with Gasteiger partial charge >= 0.3 is 0 Å². The van der Waals surface area contributed by atoms with E-state index in [0.717, 1.165) is 64.9 Å². The average molecular weight is 373 g/mol. The Balaban J connectivity index is 1.59. The van der Waals surface area contributed by atoms with Gasteiger partial charge in [0.1, 0.15) is 0 Å². The van der Waals surface area contributed by atoms with Gasteiger partial charge in [0.05, 0.1) is 17.6 Å². The van der Waals surface area contributed by atoms with Gasteiger partial charge in [-0.25, -0.2) is 9.50 Å². The van der Waals surface area contributed by atoms with Gasteiger partial charge in [-0.15, -0.1) is 0 Å². The largest absolute Gasteiger partial charge is 0.315 e. The quantitative estimate of drug-likeness (QED) is 0.586. The van der Waals surface area contributed by atoms with Crippen molar-refractivity contribution in [2.45, 2.75) is 32.7 Å². The molecule has 1 atom stereocenters. The van der Waals surface area contributed by atoms with Crippen LogP contribution in [0.1, 0.15) is 30.1 Å². The molecule has 0 spiro atoms. The van der Waals surface area contributed by atoms with Gasteiger partial charge < -0.3 is 9.88 Å². The Morgan fingerprint density at radius 3 is 2.89 bits per heavy atom. The fraction of sp³-hybridized carbons (Fsp3) is 0.318. The van der Waals surface area contributed by atoms with E-state index in [-0.39, 0.29) is 11.6 Å². The van der Waals surface area contributed by atoms with E-state index in [0.29, 0.717) is 0 Å². The van der Waals surface area contributed by atoms with Gasteiger partial charge in [0.25, 0.3) is 5.56 Å². The Labute approximate surface area is 162 Å². The highest BCUT2D eigenvalue weighted by Crippen LogP contribution is 2.24. The standard InChI is InChI=1S/C22H23N5O/c1-14-10-20(25-27-13-15(2)24-21(14)27)17-5-6-19-16(11-17)7-9-26(22(19)28)18-4-3-8-23-12-18/h5-7,9-11,13,18,23H,3-4,8,12H2,1-2H3/t18-/m0/s1. The molecule has 3 aromatic heterocycles. The van der Waals surface area contributed by atoms with Crippen molar-refractivity contribution in [1.82, 2.24) is 24.5 Å². The maximum absolute atomic E-state index is 13.0. The van der Waals surface area contributed by atoms with Gasteiger partial charge in [-0.1, -0.05) is 6.07 Å². The number of imidazole rings is 1. The number of aryl methyl sites for hydroxylation is 2. The third-order valence-corrected chi connectivity index (χ3v) is 5.62. The predicted molar refractivity (Wildman–Crippen MR) is 111 cm³/mol. The molecular weight excluding hydrogens is 350 g/mol. The van der Waals surface area contributed by atoms with Crippen molar-refractivity contribution >= 4 is 16.4 Å². The van der Waals surface area contributed by atoms with E-state index in [4.69, 9.17) is 5.10 Å². The third-order valence-electron chi connectivity index (χ3n) is 5.62. The number of hydrogen-bond acceptors (Lipinski definition) is 4. The number of pyridine rings is 1. The van der Waals surface area contributed by atoms with Crippen molar-refractivity contribution in [2.24, 2.45) is 0 Å². The SMILES string of the molecule is Cc1cn2nc(-c3ccc4c(=O)n([C@H]5CCCNC5)ccc4c3)cc(C)c2n1. The summed E-state index contributed by atoms with van der Waals surface area (Å²) in [6.45, 7) is 5.91. The molecule has 0 saturated carbocycles. The minimum Gasteiger partial charge on any atom is -0.315 e. The first-order valence-electron chi connectivity index (χ1n) is 9.80. The molecule has 142 valence electrons. The number of aromatic nitrogens is 4. The molecule has 1 N–H and O–H groups in total. The summed E-state index contributed by atoms with van der Waals surface area (Å²) >= 11 is 0. The summed E-state index contributed by atoms with van der Waals surface area (Å²) < 4.78 is 3.72. The van der Waals surface area contributed by atoms with Gasteiger partial charge in [0.2, 0.25) is 0 Å². The van der Waals surface area contributed by atoms with Crippen LogP contribution in [0, 0.1) is 13.8 Å². The van der Waals surface area contributed by atoms with Gasteiger partial charge in [-0.05, 0) is 68.4 Å². The highest BCUT2D eigenvalue weighted by molar-refractivity contribution is 5.86. The number of piperidine rings is 1. The molecule has 1 fully saturated rings. The summed E-state index contributed by atoms with van der Waals surface area (Å²) in [4.78, 5) is 17.5. The molecule has 6 heteroatoms. The summed E-state index contributed by atoms with van der Waals surface area (Å²) in [5.74, 6) is 0. The van der Waals surface area contributed by atoms with E-state index in [1.807, 2.05) is 53.5 Å². The Kier molecular flexibility index (Phi) is 4.02. The van der Waals surface area contributed by atoms with E-state index in [1.54, 1.807) is 0 Å². The van der Waals surface area contributed by atoms with Crippen LogP contribution in [0.5, 0.6) is 0 Å². The third kappa shape index (κ3) is 2.81. The number of hydrogen-bond donors (Lipinski definition) is 1. The smallest absolute Gasteiger partial charge is 0.258 e. The first kappa shape index (κ1) is 17.1. The maximum atomic E-state index is 13.0. The van der Waals surface area contributed by atoms with Crippen LogP contribution in [-0.4, -0.2) is 32.3 Å². The fourth-order valence-electron chi connectivity index (χ4n) is 4.17. The maximum Gasteiger partial charge on any atom is 0.258 e. The zero-order chi connectivity index (χ0) is 19.3. The number of benzene rings is 1. The lowest BCUT2D eigenvalue weighted by Gasteiger charge is -2.25. The Morgan fingerprint density at radius 1 is 1.18 bits per heavy atom. The van der Waals surface area contributed by atoms with Crippen molar-refractivity contribution in [3.8, 4) is 11.3 Å². The topological polar surface area (TPSA) is 64.2 Å². The van der Waals surface area contributed by atoms with E-state index in [9.17, 15) is 4.79 Å². The molecule has 5 rings (SSSR count). The molecule has 0 amide bonds. The fourth-order valence-corrected chi connectivity index (χ4v) is 4.17. The van der Waals surface area contributed by atoms with Crippen LogP contribution in [0.4, 0.5) is 0 Å². The molecule has 4 aromatic rings. The predicted octanol–water partition coefficient (Wildman–Crippen LogP) is 3.25. The van der Waals surface area contributed by atoms with Crippen LogP contribution in [0.3, 0.4) is 0 Å². The molecule has 1 aromatic carbocycles. The summed E-state index contributed by atoms with van der Waals surface area (Å²) in [7, 11) is 0. The minimum absolute atomic E-state index is 0.0857. The molecule has 0 bridgehead atoms. The van der Waals surface area contributed by atoms with Gasteiger partial charge in [0.15, 0.2) is 5.65 Å². The second-order valence-corrected chi connectivity index (χ2v) is 7.69. The monoisotopic (exact) mass is 373 g/mol. The lowest BCUT2D eigenvalue weighted by Crippen LogP contribution is -2.36. The Morgan fingerprint density at radius 2 is 2.07 bits per heavy atom. The van der Waals surface area contributed by atoms with Crippen molar-refractivity contribution < 1.29 is 0 Å². The van der Waals surface area contributed by atoms with E-state index < -0.39 is 0 Å². The number of nitrogens with one attached hydrogen (secondary N) is 1. The molecule has 0 aliphatic carbocycles. The van der Waals surface area contributed by atoms with Gasteiger partial charge in [-0.2, -0.15) is 5.10 Å². The Bertz CT molecular complexity index is 1250. The van der Waals surface area contributed by atoms with Crippen LogP contribution in [-0.2, 0) is 0 Å². The van der Waals surface area contributed by atoms with Crippen molar-refractivity contribution in [2.75, 3.05) is 13.1 Å². The zero-order valence-electron chi connectivity index (χ0n) is 16.1. The first-order valence-corrected chi connectivity index (χ1v) is 9.80. The molecule has 1 aliphatic heterocycles. The molecule has 0 radical (unpaired) electrons. The number of fused-ring (bicyclic) bond motifs is 2. The molecule has 1 aliphatic rings. The lowest BCUT2D eigenvalue weighted by molar-refractivity contribution is 0.365. The van der Waals surface area contributed by atoms with Crippen LogP contribution >= 0.6 is 0 Å². The van der Waals surface area contributed by atoms with Crippen molar-refractivity contribution in [3.63, 3.8) is 0 Å². The average Bonchev–Trinajstić information content (AvgIpc) is 3.09. The molecule has 4 heterocycles. The lowest BCUT2D eigenvalue weighted by atomic mass is 10.0. The van der Waals surface area contributed by atoms with E-state index >= 15 is 0 Å². The van der Waals surface area contributed by atoms with Gasteiger partial charge in [-0.3, -0.25) is 4.79 Å². The van der Waals surface area contributed by atoms with Crippen molar-refractivity contribution in [3.05, 3.63) is 64.3 Å². The van der Waals surface area contributed by atoms with Crippen LogP contribution in [0.15, 0.2) is 47.5 Å².